The third-order valence-corrected chi connectivity index (χ3v) is 6.35. The number of anilines is 1. The Morgan fingerprint density at radius 2 is 1.68 bits per heavy atom. The Labute approximate surface area is 183 Å². The summed E-state index contributed by atoms with van der Waals surface area (Å²) in [6.45, 7) is 7.24. The number of halogens is 3. The summed E-state index contributed by atoms with van der Waals surface area (Å²) in [5.74, 6) is -0.218. The van der Waals surface area contributed by atoms with E-state index in [1.54, 1.807) is 29.2 Å². The maximum atomic E-state index is 13.4. The lowest BCUT2D eigenvalue weighted by atomic mass is 10.2. The van der Waals surface area contributed by atoms with Crippen molar-refractivity contribution in [2.24, 2.45) is 0 Å². The van der Waals surface area contributed by atoms with Gasteiger partial charge >= 0.3 is 0 Å². The molecule has 0 radical (unpaired) electrons. The van der Waals surface area contributed by atoms with E-state index in [0.29, 0.717) is 32.3 Å². The summed E-state index contributed by atoms with van der Waals surface area (Å²) in [5.41, 5.74) is 1.17. The molecule has 0 saturated heterocycles. The highest BCUT2D eigenvalue weighted by molar-refractivity contribution is 7.22. The SMILES string of the molecule is CCN(CC)CCN(C(=O)c1cc(Cl)ccc1Cl)c1nc2ccc(Cl)cc2s1. The van der Waals surface area contributed by atoms with Crippen LogP contribution in [0.4, 0.5) is 5.13 Å². The minimum atomic E-state index is -0.218. The predicted molar refractivity (Wildman–Crippen MR) is 121 cm³/mol. The van der Waals surface area contributed by atoms with E-state index in [1.165, 1.54) is 11.3 Å². The number of thiazole rings is 1. The van der Waals surface area contributed by atoms with Gasteiger partial charge in [0.2, 0.25) is 0 Å². The molecule has 3 aromatic rings. The van der Waals surface area contributed by atoms with Crippen LogP contribution >= 0.6 is 46.1 Å². The first-order valence-electron chi connectivity index (χ1n) is 8.98. The first-order valence-corrected chi connectivity index (χ1v) is 10.9. The summed E-state index contributed by atoms with van der Waals surface area (Å²) in [4.78, 5) is 21.9. The lowest BCUT2D eigenvalue weighted by Crippen LogP contribution is -2.39. The Kier molecular flexibility index (Phi) is 7.18. The minimum absolute atomic E-state index is 0.218. The van der Waals surface area contributed by atoms with Gasteiger partial charge in [-0.3, -0.25) is 9.69 Å². The van der Waals surface area contributed by atoms with E-state index in [0.717, 1.165) is 29.9 Å². The van der Waals surface area contributed by atoms with Gasteiger partial charge in [-0.25, -0.2) is 4.98 Å². The molecule has 0 spiro atoms. The van der Waals surface area contributed by atoms with E-state index in [9.17, 15) is 4.79 Å². The van der Waals surface area contributed by atoms with Crippen molar-refractivity contribution in [3.05, 3.63) is 57.0 Å². The highest BCUT2D eigenvalue weighted by atomic mass is 35.5. The van der Waals surface area contributed by atoms with Crippen LogP contribution in [0.1, 0.15) is 24.2 Å². The Hall–Kier alpha value is -1.37. The molecule has 0 unspecified atom stereocenters. The fourth-order valence-corrected chi connectivity index (χ4v) is 4.51. The molecule has 0 N–H and O–H groups in total. The number of hydrogen-bond donors (Lipinski definition) is 0. The van der Waals surface area contributed by atoms with E-state index in [4.69, 9.17) is 34.8 Å². The fourth-order valence-electron chi connectivity index (χ4n) is 2.87. The molecule has 0 saturated carbocycles. The molecule has 2 aromatic carbocycles. The standard InChI is InChI=1S/C20H20Cl3N3OS/c1-3-25(4-2)9-10-26(19(27)15-11-13(21)5-7-16(15)23)20-24-17-8-6-14(22)12-18(17)28-20/h5-8,11-12H,3-4,9-10H2,1-2H3. The van der Waals surface area contributed by atoms with Gasteiger partial charge in [0.25, 0.3) is 5.91 Å². The molecule has 0 fully saturated rings. The second kappa shape index (κ2) is 9.42. The third-order valence-electron chi connectivity index (χ3n) is 4.51. The number of likely N-dealkylation sites (N-methyl/N-ethyl adjacent to an activating group) is 1. The summed E-state index contributed by atoms with van der Waals surface area (Å²) in [7, 11) is 0. The second-order valence-electron chi connectivity index (χ2n) is 6.22. The number of fused-ring (bicyclic) bond motifs is 1. The first-order chi connectivity index (χ1) is 13.4. The average molecular weight is 457 g/mol. The maximum Gasteiger partial charge on any atom is 0.261 e. The molecule has 0 atom stereocenters. The van der Waals surface area contributed by atoms with Gasteiger partial charge in [0.15, 0.2) is 5.13 Å². The monoisotopic (exact) mass is 455 g/mol. The van der Waals surface area contributed by atoms with Gasteiger partial charge < -0.3 is 4.90 Å². The van der Waals surface area contributed by atoms with Gasteiger partial charge in [0.05, 0.1) is 20.8 Å². The van der Waals surface area contributed by atoms with Crippen LogP contribution in [0.5, 0.6) is 0 Å². The summed E-state index contributed by atoms with van der Waals surface area (Å²) >= 11 is 19.9. The summed E-state index contributed by atoms with van der Waals surface area (Å²) in [5, 5.41) is 2.09. The van der Waals surface area contributed by atoms with Gasteiger partial charge in [0.1, 0.15) is 0 Å². The van der Waals surface area contributed by atoms with Crippen molar-refractivity contribution in [3.63, 3.8) is 0 Å². The van der Waals surface area contributed by atoms with Crippen molar-refractivity contribution in [1.82, 2.24) is 9.88 Å². The molecule has 0 aliphatic rings. The number of amides is 1. The number of benzene rings is 2. The molecule has 0 bridgehead atoms. The molecule has 28 heavy (non-hydrogen) atoms. The highest BCUT2D eigenvalue weighted by Gasteiger charge is 2.24. The topological polar surface area (TPSA) is 36.4 Å². The number of rotatable bonds is 7. The van der Waals surface area contributed by atoms with E-state index >= 15 is 0 Å². The van der Waals surface area contributed by atoms with E-state index in [2.05, 4.69) is 23.7 Å². The van der Waals surface area contributed by atoms with Gasteiger partial charge in [-0.05, 0) is 49.5 Å². The lowest BCUT2D eigenvalue weighted by Gasteiger charge is -2.25. The van der Waals surface area contributed by atoms with Gasteiger partial charge in [-0.15, -0.1) is 0 Å². The second-order valence-corrected chi connectivity index (χ2v) is 8.51. The molecule has 0 aliphatic heterocycles. The van der Waals surface area contributed by atoms with E-state index in [-0.39, 0.29) is 5.91 Å². The number of carbonyl (C=O) groups is 1. The van der Waals surface area contributed by atoms with E-state index < -0.39 is 0 Å². The number of nitrogens with zero attached hydrogens (tertiary/aromatic N) is 3. The number of hydrogen-bond acceptors (Lipinski definition) is 4. The molecular formula is C20H20Cl3N3OS. The van der Waals surface area contributed by atoms with Crippen LogP contribution in [0, 0.1) is 0 Å². The molecule has 148 valence electrons. The zero-order valence-electron chi connectivity index (χ0n) is 15.6. The third kappa shape index (κ3) is 4.78. The average Bonchev–Trinajstić information content (AvgIpc) is 3.09. The summed E-state index contributed by atoms with van der Waals surface area (Å²) in [6, 6.07) is 10.4. The van der Waals surface area contributed by atoms with Crippen molar-refractivity contribution in [1.29, 1.82) is 0 Å². The van der Waals surface area contributed by atoms with Crippen LogP contribution in [0.2, 0.25) is 15.1 Å². The smallest absolute Gasteiger partial charge is 0.261 e. The quantitative estimate of drug-likeness (QED) is 0.422. The zero-order valence-corrected chi connectivity index (χ0v) is 18.7. The Balaban J connectivity index is 2.00. The minimum Gasteiger partial charge on any atom is -0.302 e. The van der Waals surface area contributed by atoms with Crippen molar-refractivity contribution < 1.29 is 4.79 Å². The Morgan fingerprint density at radius 3 is 2.39 bits per heavy atom. The van der Waals surface area contributed by atoms with Crippen LogP contribution in [0.25, 0.3) is 10.2 Å². The number of aromatic nitrogens is 1. The van der Waals surface area contributed by atoms with Gasteiger partial charge in [-0.1, -0.05) is 60.0 Å². The Morgan fingerprint density at radius 1 is 1.00 bits per heavy atom. The summed E-state index contributed by atoms with van der Waals surface area (Å²) < 4.78 is 0.931. The van der Waals surface area contributed by atoms with Crippen LogP contribution in [0.3, 0.4) is 0 Å². The molecule has 0 aliphatic carbocycles. The highest BCUT2D eigenvalue weighted by Crippen LogP contribution is 2.32. The van der Waals surface area contributed by atoms with Crippen LogP contribution in [-0.2, 0) is 0 Å². The number of carbonyl (C=O) groups excluding carboxylic acids is 1. The van der Waals surface area contributed by atoms with E-state index in [1.807, 2.05) is 12.1 Å². The Bertz CT molecular complexity index is 988. The molecule has 4 nitrogen and oxygen atoms in total. The van der Waals surface area contributed by atoms with Crippen molar-refractivity contribution in [2.75, 3.05) is 31.1 Å². The maximum absolute atomic E-state index is 13.4. The summed E-state index contributed by atoms with van der Waals surface area (Å²) in [6.07, 6.45) is 0. The van der Waals surface area contributed by atoms with Crippen LogP contribution in [0.15, 0.2) is 36.4 Å². The molecule has 1 aromatic heterocycles. The molecule has 8 heteroatoms. The van der Waals surface area contributed by atoms with Crippen LogP contribution in [-0.4, -0.2) is 42.0 Å². The zero-order chi connectivity index (χ0) is 20.3. The normalized spacial score (nSPS) is 11.4. The van der Waals surface area contributed by atoms with Crippen molar-refractivity contribution in [2.45, 2.75) is 13.8 Å². The molecule has 3 rings (SSSR count). The van der Waals surface area contributed by atoms with Gasteiger partial charge in [-0.2, -0.15) is 0 Å². The first kappa shape index (κ1) is 21.3. The molecule has 1 heterocycles. The lowest BCUT2D eigenvalue weighted by molar-refractivity contribution is 0.0984. The molecule has 1 amide bonds. The van der Waals surface area contributed by atoms with Crippen molar-refractivity contribution in [3.8, 4) is 0 Å². The molecular weight excluding hydrogens is 437 g/mol. The van der Waals surface area contributed by atoms with Crippen molar-refractivity contribution >= 4 is 67.4 Å². The largest absolute Gasteiger partial charge is 0.302 e. The van der Waals surface area contributed by atoms with Crippen LogP contribution < -0.4 is 4.90 Å². The predicted octanol–water partition coefficient (Wildman–Crippen LogP) is 6.25. The van der Waals surface area contributed by atoms with Gasteiger partial charge in [0, 0.05) is 23.1 Å². The fraction of sp³-hybridized carbons (Fsp3) is 0.300.